The Hall–Kier alpha value is -6.87. The van der Waals surface area contributed by atoms with Gasteiger partial charge in [0.25, 0.3) is 0 Å². The van der Waals surface area contributed by atoms with Gasteiger partial charge in [0, 0.05) is 0 Å². The van der Waals surface area contributed by atoms with Crippen LogP contribution in [0.3, 0.4) is 0 Å². The van der Waals surface area contributed by atoms with E-state index >= 15 is 0 Å². The van der Waals surface area contributed by atoms with Gasteiger partial charge in [0.15, 0.2) is 0 Å². The summed E-state index contributed by atoms with van der Waals surface area (Å²) >= 11 is 0. The third-order valence-corrected chi connectivity index (χ3v) is 8.27. The second-order valence-corrected chi connectivity index (χ2v) is 12.0. The summed E-state index contributed by atoms with van der Waals surface area (Å²) in [7, 11) is 4.65. The van der Waals surface area contributed by atoms with Gasteiger partial charge in [-0.15, -0.1) is 0 Å². The minimum absolute atomic E-state index is 0.0991. The van der Waals surface area contributed by atoms with E-state index in [2.05, 4.69) is 0 Å². The Balaban J connectivity index is 1.74. The second-order valence-electron chi connectivity index (χ2n) is 12.0. The van der Waals surface area contributed by atoms with Gasteiger partial charge in [0.2, 0.25) is 0 Å². The molecule has 15 nitrogen and oxygen atoms in total. The molecule has 0 spiro atoms. The summed E-state index contributed by atoms with van der Waals surface area (Å²) in [6.45, 7) is -2.63. The third-order valence-electron chi connectivity index (χ3n) is 8.27. The molecule has 0 aromatic heterocycles. The van der Waals surface area contributed by atoms with E-state index in [1.807, 2.05) is 0 Å². The van der Waals surface area contributed by atoms with Gasteiger partial charge in [-0.05, 0) is 48.0 Å². The lowest BCUT2D eigenvalue weighted by atomic mass is 9.91. The van der Waals surface area contributed by atoms with E-state index in [0.29, 0.717) is 5.56 Å². The summed E-state index contributed by atoms with van der Waals surface area (Å²) in [6.07, 6.45) is 0. The van der Waals surface area contributed by atoms with Crippen LogP contribution in [-0.2, 0) is 44.5 Å². The van der Waals surface area contributed by atoms with Gasteiger partial charge in [-0.3, -0.25) is 0 Å². The number of carbonyl (C=O) groups excluding carboxylic acids is 7. The molecule has 4 rings (SSSR count). The van der Waals surface area contributed by atoms with Crippen LogP contribution >= 0.6 is 0 Å². The molecule has 0 aliphatic heterocycles. The highest BCUT2D eigenvalue weighted by Crippen LogP contribution is 2.26. The van der Waals surface area contributed by atoms with Crippen molar-refractivity contribution >= 4 is 41.8 Å². The van der Waals surface area contributed by atoms with Crippen LogP contribution in [0.25, 0.3) is 0 Å². The quantitative estimate of drug-likeness (QED) is 0.104. The van der Waals surface area contributed by atoms with Crippen LogP contribution in [-0.4, -0.2) is 96.7 Å². The van der Waals surface area contributed by atoms with Crippen molar-refractivity contribution in [1.82, 2.24) is 0 Å². The first kappa shape index (κ1) is 41.9. The summed E-state index contributed by atoms with van der Waals surface area (Å²) in [5.41, 5.74) is -1.89. The molecule has 0 saturated heterocycles. The van der Waals surface area contributed by atoms with Crippen molar-refractivity contribution in [2.75, 3.05) is 54.9 Å². The van der Waals surface area contributed by atoms with Crippen molar-refractivity contribution in [3.63, 3.8) is 0 Å². The first-order valence-electron chi connectivity index (χ1n) is 16.8. The average Bonchev–Trinajstić information content (AvgIpc) is 3.25. The Labute approximate surface area is 321 Å². The molecule has 0 N–H and O–H groups in total. The number of esters is 7. The highest BCUT2D eigenvalue weighted by molar-refractivity contribution is 6.04. The van der Waals surface area contributed by atoms with Crippen molar-refractivity contribution in [2.24, 2.45) is 5.41 Å². The van der Waals surface area contributed by atoms with E-state index in [4.69, 9.17) is 37.9 Å². The van der Waals surface area contributed by atoms with Gasteiger partial charge in [-0.25, -0.2) is 33.6 Å². The second kappa shape index (κ2) is 20.0. The molecule has 4 aromatic carbocycles. The first-order valence-corrected chi connectivity index (χ1v) is 16.8. The molecule has 0 saturated carbocycles. The van der Waals surface area contributed by atoms with E-state index < -0.39 is 73.6 Å². The normalized spacial score (nSPS) is 10.7. The van der Waals surface area contributed by atoms with Crippen molar-refractivity contribution in [1.29, 1.82) is 0 Å². The molecule has 0 bridgehead atoms. The van der Waals surface area contributed by atoms with E-state index in [9.17, 15) is 33.6 Å². The highest BCUT2D eigenvalue weighted by Gasteiger charge is 2.38. The van der Waals surface area contributed by atoms with Gasteiger partial charge in [0.05, 0.1) is 86.0 Å². The molecule has 0 aliphatic carbocycles. The van der Waals surface area contributed by atoms with Crippen LogP contribution in [0.4, 0.5) is 0 Å². The zero-order valence-corrected chi connectivity index (χ0v) is 30.9. The SMILES string of the molecule is COC(=O)c1ccccc1COCC(COC(=O)c1ccccc1C(=O)OC)(COC(=O)c1ccccc1C(=O)OC)COC(=O)c1ccccc1C(=O)OC. The minimum atomic E-state index is -1.72. The maximum atomic E-state index is 13.6. The maximum absolute atomic E-state index is 13.6. The predicted molar refractivity (Wildman–Crippen MR) is 194 cm³/mol. The molecule has 4 aromatic rings. The molecule has 15 heteroatoms. The van der Waals surface area contributed by atoms with E-state index in [0.717, 1.165) is 21.3 Å². The van der Waals surface area contributed by atoms with Gasteiger partial charge in [0.1, 0.15) is 19.8 Å². The van der Waals surface area contributed by atoms with E-state index in [-0.39, 0.29) is 45.6 Å². The number of hydrogen-bond donors (Lipinski definition) is 0. The molecular weight excluding hydrogens is 732 g/mol. The summed E-state index contributed by atoms with van der Waals surface area (Å²) < 4.78 is 42.5. The molecule has 292 valence electrons. The highest BCUT2D eigenvalue weighted by atomic mass is 16.6. The number of hydrogen-bond acceptors (Lipinski definition) is 15. The van der Waals surface area contributed by atoms with E-state index in [1.165, 1.54) is 86.0 Å². The Morgan fingerprint density at radius 3 is 0.964 bits per heavy atom. The van der Waals surface area contributed by atoms with Crippen LogP contribution in [0.5, 0.6) is 0 Å². The van der Waals surface area contributed by atoms with Crippen molar-refractivity contribution in [3.05, 3.63) is 142 Å². The maximum Gasteiger partial charge on any atom is 0.339 e. The number of benzene rings is 4. The smallest absolute Gasteiger partial charge is 0.339 e. The first-order chi connectivity index (χ1) is 27.0. The zero-order valence-electron chi connectivity index (χ0n) is 30.9. The van der Waals surface area contributed by atoms with Crippen LogP contribution in [0.15, 0.2) is 97.1 Å². The molecule has 0 amide bonds. The Morgan fingerprint density at radius 2 is 0.643 bits per heavy atom. The Kier molecular flexibility index (Phi) is 14.9. The molecule has 0 unspecified atom stereocenters. The van der Waals surface area contributed by atoms with E-state index in [1.54, 1.807) is 18.2 Å². The predicted octanol–water partition coefficient (Wildman–Crippen LogP) is 4.91. The lowest BCUT2D eigenvalue weighted by Crippen LogP contribution is -2.43. The Morgan fingerprint density at radius 1 is 0.375 bits per heavy atom. The van der Waals surface area contributed by atoms with Gasteiger partial charge in [-0.2, -0.15) is 0 Å². The summed E-state index contributed by atoms with van der Waals surface area (Å²) in [5, 5.41) is 0. The Bertz CT molecular complexity index is 1900. The van der Waals surface area contributed by atoms with Gasteiger partial charge >= 0.3 is 41.8 Å². The minimum Gasteiger partial charge on any atom is -0.465 e. The summed E-state index contributed by atoms with van der Waals surface area (Å²) in [4.78, 5) is 90.6. The fourth-order valence-corrected chi connectivity index (χ4v) is 5.32. The molecular formula is C41H38O15. The van der Waals surface area contributed by atoms with Gasteiger partial charge < -0.3 is 37.9 Å². The number of carbonyl (C=O) groups is 7. The average molecular weight is 771 g/mol. The van der Waals surface area contributed by atoms with Gasteiger partial charge in [-0.1, -0.05) is 54.6 Å². The lowest BCUT2D eigenvalue weighted by molar-refractivity contribution is -0.0783. The molecule has 0 atom stereocenters. The number of methoxy groups -OCH3 is 4. The topological polar surface area (TPSA) is 193 Å². The van der Waals surface area contributed by atoms with Crippen LogP contribution < -0.4 is 0 Å². The summed E-state index contributed by atoms with van der Waals surface area (Å²) in [5.74, 6) is -6.04. The van der Waals surface area contributed by atoms with Crippen molar-refractivity contribution in [3.8, 4) is 0 Å². The number of rotatable bonds is 17. The zero-order chi connectivity index (χ0) is 40.7. The molecule has 56 heavy (non-hydrogen) atoms. The summed E-state index contributed by atoms with van der Waals surface area (Å²) in [6, 6.07) is 23.6. The van der Waals surface area contributed by atoms with Crippen LogP contribution in [0.2, 0.25) is 0 Å². The largest absolute Gasteiger partial charge is 0.465 e. The van der Waals surface area contributed by atoms with Crippen molar-refractivity contribution in [2.45, 2.75) is 6.61 Å². The standard InChI is InChI=1S/C41H38O15/c1-49-34(42)27-14-6-5-13-26(27)21-53-22-41(23-54-38(46)31-18-10-7-15-28(31)35(43)50-2,24-55-39(47)32-19-11-8-16-29(32)36(44)51-3)25-56-40(48)33-20-12-9-17-30(33)37(45)52-4/h5-20H,21-25H2,1-4H3. The molecule has 0 heterocycles. The molecule has 0 fully saturated rings. The van der Waals surface area contributed by atoms with Crippen LogP contribution in [0, 0.1) is 5.41 Å². The number of ether oxygens (including phenoxy) is 8. The fraction of sp³-hybridized carbons (Fsp3) is 0.244. The van der Waals surface area contributed by atoms with Crippen molar-refractivity contribution < 1.29 is 71.5 Å². The van der Waals surface area contributed by atoms with Crippen LogP contribution in [0.1, 0.15) is 78.1 Å². The lowest BCUT2D eigenvalue weighted by Gasteiger charge is -2.32. The third kappa shape index (κ3) is 10.4. The molecule has 0 radical (unpaired) electrons. The monoisotopic (exact) mass is 770 g/mol. The molecule has 0 aliphatic rings. The fourth-order valence-electron chi connectivity index (χ4n) is 5.32.